The molecule has 3 unspecified atom stereocenters. The van der Waals surface area contributed by atoms with Gasteiger partial charge in [-0.15, -0.1) is 0 Å². The highest BCUT2D eigenvalue weighted by atomic mass is 19.2. The van der Waals surface area contributed by atoms with E-state index in [0.29, 0.717) is 17.4 Å². The Labute approximate surface area is 123 Å². The lowest BCUT2D eigenvalue weighted by atomic mass is 9.84. The number of hydrogen-bond acceptors (Lipinski definition) is 0. The lowest BCUT2D eigenvalue weighted by Crippen LogP contribution is -2.10. The second kappa shape index (κ2) is 9.90. The van der Waals surface area contributed by atoms with Crippen molar-refractivity contribution in [2.24, 2.45) is 17.8 Å². The first kappa shape index (κ1) is 19.1. The molecule has 0 aliphatic rings. The van der Waals surface area contributed by atoms with Crippen LogP contribution in [0.2, 0.25) is 0 Å². The molecule has 0 spiro atoms. The first-order valence-electron chi connectivity index (χ1n) is 7.70. The third-order valence-electron chi connectivity index (χ3n) is 4.24. The van der Waals surface area contributed by atoms with E-state index in [1.54, 1.807) is 0 Å². The molecular weight excluding hydrogens is 254 g/mol. The minimum Gasteiger partial charge on any atom is -0.204 e. The van der Waals surface area contributed by atoms with Gasteiger partial charge in [0.15, 0.2) is 11.7 Å². The van der Waals surface area contributed by atoms with Gasteiger partial charge < -0.3 is 0 Å². The first-order valence-corrected chi connectivity index (χ1v) is 7.70. The fourth-order valence-corrected chi connectivity index (χ4v) is 2.18. The van der Waals surface area contributed by atoms with Crippen molar-refractivity contribution in [1.82, 2.24) is 0 Å². The van der Waals surface area contributed by atoms with Crippen molar-refractivity contribution in [1.29, 1.82) is 0 Å². The molecule has 0 radical (unpaired) electrons. The van der Waals surface area contributed by atoms with Gasteiger partial charge in [0.25, 0.3) is 0 Å². The van der Waals surface area contributed by atoms with Crippen molar-refractivity contribution >= 4 is 0 Å². The highest BCUT2D eigenvalue weighted by Crippen LogP contribution is 2.27. The largest absolute Gasteiger partial charge is 0.204 e. The minimum absolute atomic E-state index is 0.168. The summed E-state index contributed by atoms with van der Waals surface area (Å²) in [6.07, 6.45) is 7.00. The molecule has 116 valence electrons. The number of halogens is 2. The predicted molar refractivity (Wildman–Crippen MR) is 84.8 cm³/mol. The standard InChI is InChI=1S/C18H30F2/c1-7-8-9-13(2)14(3)10-11-15(4)16(5)12-18(20)17(6)19/h12-15H,5-11H2,1-4H3/b18-12+. The molecule has 0 aromatic heterocycles. The fourth-order valence-electron chi connectivity index (χ4n) is 2.18. The van der Waals surface area contributed by atoms with Crippen LogP contribution in [0.5, 0.6) is 0 Å². The van der Waals surface area contributed by atoms with Gasteiger partial charge in [0.05, 0.1) is 0 Å². The van der Waals surface area contributed by atoms with Crippen LogP contribution in [0.3, 0.4) is 0 Å². The molecule has 0 aliphatic carbocycles. The van der Waals surface area contributed by atoms with Gasteiger partial charge in [-0.1, -0.05) is 60.1 Å². The van der Waals surface area contributed by atoms with E-state index >= 15 is 0 Å². The van der Waals surface area contributed by atoms with Gasteiger partial charge in [-0.25, -0.2) is 8.78 Å². The molecule has 0 saturated carbocycles. The zero-order valence-corrected chi connectivity index (χ0v) is 13.5. The van der Waals surface area contributed by atoms with Crippen LogP contribution in [0.1, 0.15) is 59.8 Å². The third kappa shape index (κ3) is 7.62. The average Bonchev–Trinajstić information content (AvgIpc) is 2.41. The average molecular weight is 284 g/mol. The monoisotopic (exact) mass is 284 g/mol. The summed E-state index contributed by atoms with van der Waals surface area (Å²) in [5.74, 6) is -0.401. The molecule has 20 heavy (non-hydrogen) atoms. The molecule has 0 aromatic carbocycles. The van der Waals surface area contributed by atoms with Crippen LogP contribution < -0.4 is 0 Å². The molecule has 0 heterocycles. The Balaban J connectivity index is 4.21. The zero-order chi connectivity index (χ0) is 15.7. The SMILES string of the molecule is C=C(F)/C(F)=C\C(=C)C(C)CCC(C)C(C)CCCC. The van der Waals surface area contributed by atoms with E-state index in [9.17, 15) is 8.78 Å². The number of allylic oxidation sites excluding steroid dienone is 4. The molecule has 0 N–H and O–H groups in total. The molecule has 0 rings (SSSR count). The third-order valence-corrected chi connectivity index (χ3v) is 4.24. The van der Waals surface area contributed by atoms with E-state index < -0.39 is 11.7 Å². The lowest BCUT2D eigenvalue weighted by Gasteiger charge is -2.21. The molecule has 0 bridgehead atoms. The molecule has 0 fully saturated rings. The maximum absolute atomic E-state index is 13.1. The Hall–Kier alpha value is -0.920. The van der Waals surface area contributed by atoms with E-state index in [4.69, 9.17) is 0 Å². The van der Waals surface area contributed by atoms with Crippen LogP contribution >= 0.6 is 0 Å². The van der Waals surface area contributed by atoms with Crippen LogP contribution in [-0.4, -0.2) is 0 Å². The molecule has 3 atom stereocenters. The molecular formula is C18H30F2. The van der Waals surface area contributed by atoms with Gasteiger partial charge in [-0.3, -0.25) is 0 Å². The van der Waals surface area contributed by atoms with Gasteiger partial charge in [-0.05, 0) is 42.2 Å². The molecule has 0 saturated heterocycles. The van der Waals surface area contributed by atoms with Gasteiger partial charge in [0.1, 0.15) is 0 Å². The smallest absolute Gasteiger partial charge is 0.158 e. The van der Waals surface area contributed by atoms with Crippen LogP contribution in [-0.2, 0) is 0 Å². The minimum atomic E-state index is -1.03. The Morgan fingerprint density at radius 2 is 1.55 bits per heavy atom. The molecule has 0 amide bonds. The Morgan fingerprint density at radius 3 is 2.05 bits per heavy atom. The van der Waals surface area contributed by atoms with E-state index in [2.05, 4.69) is 33.9 Å². The van der Waals surface area contributed by atoms with Crippen molar-refractivity contribution in [3.05, 3.63) is 36.5 Å². The second-order valence-corrected chi connectivity index (χ2v) is 6.05. The van der Waals surface area contributed by atoms with Gasteiger partial charge in [0, 0.05) is 0 Å². The number of unbranched alkanes of at least 4 members (excludes halogenated alkanes) is 1. The zero-order valence-electron chi connectivity index (χ0n) is 13.5. The van der Waals surface area contributed by atoms with Crippen molar-refractivity contribution < 1.29 is 8.78 Å². The second-order valence-electron chi connectivity index (χ2n) is 6.05. The van der Waals surface area contributed by atoms with Crippen LogP contribution in [0.15, 0.2) is 36.5 Å². The van der Waals surface area contributed by atoms with Crippen molar-refractivity contribution in [3.63, 3.8) is 0 Å². The maximum Gasteiger partial charge on any atom is 0.158 e. The van der Waals surface area contributed by atoms with Crippen LogP contribution in [0, 0.1) is 17.8 Å². The number of rotatable bonds is 10. The highest BCUT2D eigenvalue weighted by molar-refractivity contribution is 5.27. The van der Waals surface area contributed by atoms with E-state index in [0.717, 1.165) is 18.9 Å². The molecule has 0 aliphatic heterocycles. The summed E-state index contributed by atoms with van der Waals surface area (Å²) < 4.78 is 25.7. The summed E-state index contributed by atoms with van der Waals surface area (Å²) in [6.45, 7) is 15.6. The van der Waals surface area contributed by atoms with Crippen molar-refractivity contribution in [2.75, 3.05) is 0 Å². The quantitative estimate of drug-likeness (QED) is 0.389. The summed E-state index contributed by atoms with van der Waals surface area (Å²) in [6, 6.07) is 0. The van der Waals surface area contributed by atoms with E-state index in [1.807, 2.05) is 6.92 Å². The lowest BCUT2D eigenvalue weighted by molar-refractivity contribution is 0.318. The Morgan fingerprint density at radius 1 is 1.00 bits per heavy atom. The van der Waals surface area contributed by atoms with Crippen molar-refractivity contribution in [3.8, 4) is 0 Å². The van der Waals surface area contributed by atoms with E-state index in [-0.39, 0.29) is 5.92 Å². The van der Waals surface area contributed by atoms with Gasteiger partial charge in [-0.2, -0.15) is 0 Å². The topological polar surface area (TPSA) is 0 Å². The van der Waals surface area contributed by atoms with E-state index in [1.165, 1.54) is 19.3 Å². The summed E-state index contributed by atoms with van der Waals surface area (Å²) in [5.41, 5.74) is 0.634. The summed E-state index contributed by atoms with van der Waals surface area (Å²) >= 11 is 0. The summed E-state index contributed by atoms with van der Waals surface area (Å²) in [7, 11) is 0. The van der Waals surface area contributed by atoms with Crippen molar-refractivity contribution in [2.45, 2.75) is 59.8 Å². The van der Waals surface area contributed by atoms with Crippen LogP contribution in [0.25, 0.3) is 0 Å². The summed E-state index contributed by atoms with van der Waals surface area (Å²) in [5, 5.41) is 0. The van der Waals surface area contributed by atoms with Gasteiger partial charge >= 0.3 is 0 Å². The summed E-state index contributed by atoms with van der Waals surface area (Å²) in [4.78, 5) is 0. The molecule has 0 aromatic rings. The molecule has 0 nitrogen and oxygen atoms in total. The van der Waals surface area contributed by atoms with Gasteiger partial charge in [0.2, 0.25) is 0 Å². The Kier molecular flexibility index (Phi) is 9.45. The predicted octanol–water partition coefficient (Wildman–Crippen LogP) is 6.76. The van der Waals surface area contributed by atoms with Crippen LogP contribution in [0.4, 0.5) is 8.78 Å². The fraction of sp³-hybridized carbons (Fsp3) is 0.667. The number of hydrogen-bond donors (Lipinski definition) is 0. The molecule has 2 heteroatoms. The maximum atomic E-state index is 13.1. The first-order chi connectivity index (χ1) is 9.29. The highest BCUT2D eigenvalue weighted by Gasteiger charge is 2.14. The Bertz CT molecular complexity index is 341. The normalized spacial score (nSPS) is 16.6.